The lowest BCUT2D eigenvalue weighted by atomic mass is 10.1. The van der Waals surface area contributed by atoms with Gasteiger partial charge in [0.05, 0.1) is 0 Å². The van der Waals surface area contributed by atoms with E-state index in [9.17, 15) is 9.59 Å². The van der Waals surface area contributed by atoms with Gasteiger partial charge in [-0.25, -0.2) is 0 Å². The highest BCUT2D eigenvalue weighted by Gasteiger charge is 2.29. The first kappa shape index (κ1) is 19.2. The Morgan fingerprint density at radius 2 is 1.90 bits per heavy atom. The average molecular weight is 407 g/mol. The van der Waals surface area contributed by atoms with Crippen molar-refractivity contribution in [1.82, 2.24) is 5.32 Å². The molecule has 0 saturated heterocycles. The molecule has 1 aliphatic carbocycles. The second-order valence-corrected chi connectivity index (χ2v) is 8.07. The number of ether oxygens (including phenoxy) is 1. The second kappa shape index (κ2) is 8.92. The Morgan fingerprint density at radius 3 is 2.69 bits per heavy atom. The molecule has 2 amide bonds. The Labute approximate surface area is 173 Å². The van der Waals surface area contributed by atoms with Crippen molar-refractivity contribution in [3.63, 3.8) is 0 Å². The van der Waals surface area contributed by atoms with E-state index in [1.54, 1.807) is 23.5 Å². The van der Waals surface area contributed by atoms with E-state index in [1.807, 2.05) is 53.9 Å². The number of hydrogen-bond acceptors (Lipinski definition) is 4. The summed E-state index contributed by atoms with van der Waals surface area (Å²) in [6.45, 7) is 0.869. The number of rotatable bonds is 8. The molecule has 0 aliphatic heterocycles. The zero-order valence-electron chi connectivity index (χ0n) is 15.9. The van der Waals surface area contributed by atoms with Crippen molar-refractivity contribution in [2.75, 3.05) is 5.32 Å². The first-order chi connectivity index (χ1) is 14.2. The first-order valence-corrected chi connectivity index (χ1v) is 10.5. The van der Waals surface area contributed by atoms with E-state index in [-0.39, 0.29) is 17.7 Å². The Hall–Kier alpha value is -3.12. The van der Waals surface area contributed by atoms with Gasteiger partial charge in [0.1, 0.15) is 12.4 Å². The highest BCUT2D eigenvalue weighted by Crippen LogP contribution is 2.30. The van der Waals surface area contributed by atoms with Gasteiger partial charge < -0.3 is 15.4 Å². The number of hydrogen-bond donors (Lipinski definition) is 2. The Bertz CT molecular complexity index is 997. The molecule has 4 rings (SSSR count). The molecule has 6 heteroatoms. The average Bonchev–Trinajstić information content (AvgIpc) is 3.47. The molecule has 29 heavy (non-hydrogen) atoms. The summed E-state index contributed by atoms with van der Waals surface area (Å²) >= 11 is 1.64. The van der Waals surface area contributed by atoms with Gasteiger partial charge >= 0.3 is 0 Å². The molecular weight excluding hydrogens is 384 g/mol. The van der Waals surface area contributed by atoms with Crippen LogP contribution in [0.3, 0.4) is 0 Å². The summed E-state index contributed by atoms with van der Waals surface area (Å²) in [7, 11) is 0. The number of nitrogens with one attached hydrogen (secondary N) is 2. The zero-order chi connectivity index (χ0) is 20.1. The molecule has 0 unspecified atom stereocenters. The first-order valence-electron chi connectivity index (χ1n) is 9.60. The number of carbonyl (C=O) groups excluding carboxylic acids is 2. The molecule has 0 radical (unpaired) electrons. The van der Waals surface area contributed by atoms with Crippen molar-refractivity contribution >= 4 is 28.8 Å². The number of anilines is 1. The molecule has 3 aromatic rings. The lowest BCUT2D eigenvalue weighted by Crippen LogP contribution is -2.23. The molecule has 0 bridgehead atoms. The van der Waals surface area contributed by atoms with Crippen molar-refractivity contribution in [3.05, 3.63) is 82.0 Å². The maximum atomic E-state index is 12.5. The van der Waals surface area contributed by atoms with Gasteiger partial charge in [-0.2, -0.15) is 0 Å². The molecule has 0 atom stereocenters. The fourth-order valence-electron chi connectivity index (χ4n) is 2.91. The molecule has 1 aliphatic rings. The van der Waals surface area contributed by atoms with E-state index in [0.717, 1.165) is 29.0 Å². The van der Waals surface area contributed by atoms with E-state index >= 15 is 0 Å². The minimum atomic E-state index is -0.168. The largest absolute Gasteiger partial charge is 0.488 e. The van der Waals surface area contributed by atoms with Gasteiger partial charge in [0.25, 0.3) is 5.91 Å². The van der Waals surface area contributed by atoms with Crippen LogP contribution in [0.1, 0.15) is 33.6 Å². The van der Waals surface area contributed by atoms with Crippen LogP contribution in [-0.2, 0) is 17.9 Å². The van der Waals surface area contributed by atoms with E-state index in [1.165, 1.54) is 0 Å². The molecule has 1 fully saturated rings. The van der Waals surface area contributed by atoms with Crippen LogP contribution in [0.5, 0.6) is 5.75 Å². The third-order valence-electron chi connectivity index (χ3n) is 4.65. The second-order valence-electron chi connectivity index (χ2n) is 7.04. The number of amides is 2. The van der Waals surface area contributed by atoms with Crippen molar-refractivity contribution < 1.29 is 14.3 Å². The van der Waals surface area contributed by atoms with E-state index < -0.39 is 0 Å². The summed E-state index contributed by atoms with van der Waals surface area (Å²) < 4.78 is 5.77. The molecule has 0 spiro atoms. The lowest BCUT2D eigenvalue weighted by molar-refractivity contribution is -0.117. The number of thiophene rings is 1. The molecule has 5 nitrogen and oxygen atoms in total. The molecule has 1 saturated carbocycles. The van der Waals surface area contributed by atoms with Crippen molar-refractivity contribution in [2.45, 2.75) is 26.0 Å². The molecule has 2 aromatic carbocycles. The summed E-state index contributed by atoms with van der Waals surface area (Å²) in [5.74, 6) is 0.730. The zero-order valence-corrected chi connectivity index (χ0v) is 16.7. The number of carbonyl (C=O) groups is 2. The SMILES string of the molecule is O=C(NCc1cccc(NC(=O)C2CC2)c1)c1cccc(OCc2cccs2)c1. The van der Waals surface area contributed by atoms with Crippen LogP contribution in [-0.4, -0.2) is 11.8 Å². The third kappa shape index (κ3) is 5.45. The fourth-order valence-corrected chi connectivity index (χ4v) is 3.53. The Morgan fingerprint density at radius 1 is 1.03 bits per heavy atom. The van der Waals surface area contributed by atoms with Crippen LogP contribution in [0.2, 0.25) is 0 Å². The maximum absolute atomic E-state index is 12.5. The molecule has 148 valence electrons. The van der Waals surface area contributed by atoms with Crippen LogP contribution < -0.4 is 15.4 Å². The van der Waals surface area contributed by atoms with Gasteiger partial charge in [0, 0.05) is 28.6 Å². The maximum Gasteiger partial charge on any atom is 0.251 e. The van der Waals surface area contributed by atoms with Crippen LogP contribution in [0, 0.1) is 5.92 Å². The highest BCUT2D eigenvalue weighted by atomic mass is 32.1. The lowest BCUT2D eigenvalue weighted by Gasteiger charge is -2.10. The van der Waals surface area contributed by atoms with Gasteiger partial charge in [-0.1, -0.05) is 24.3 Å². The van der Waals surface area contributed by atoms with Crippen LogP contribution in [0.15, 0.2) is 66.0 Å². The summed E-state index contributed by atoms with van der Waals surface area (Å²) in [5.41, 5.74) is 2.24. The fraction of sp³-hybridized carbons (Fsp3) is 0.217. The standard InChI is InChI=1S/C23H22N2O3S/c26-22(18-5-2-7-20(13-18)28-15-21-8-3-11-29-21)24-14-16-4-1-6-19(12-16)25-23(27)17-9-10-17/h1-8,11-13,17H,9-10,14-15H2,(H,24,26)(H,25,27). The molecular formula is C23H22N2O3S. The summed E-state index contributed by atoms with van der Waals surface area (Å²) in [5, 5.41) is 7.86. The Balaban J connectivity index is 1.32. The minimum absolute atomic E-state index is 0.0746. The topological polar surface area (TPSA) is 67.4 Å². The summed E-state index contributed by atoms with van der Waals surface area (Å²) in [6.07, 6.45) is 1.94. The Kier molecular flexibility index (Phi) is 5.91. The van der Waals surface area contributed by atoms with Gasteiger partial charge in [-0.3, -0.25) is 9.59 Å². The third-order valence-corrected chi connectivity index (χ3v) is 5.50. The molecule has 1 heterocycles. The molecule has 2 N–H and O–H groups in total. The monoisotopic (exact) mass is 406 g/mol. The predicted molar refractivity (Wildman–Crippen MR) is 114 cm³/mol. The minimum Gasteiger partial charge on any atom is -0.488 e. The van der Waals surface area contributed by atoms with E-state index in [0.29, 0.717) is 24.5 Å². The van der Waals surface area contributed by atoms with E-state index in [4.69, 9.17) is 4.74 Å². The normalized spacial score (nSPS) is 13.0. The quantitative estimate of drug-likeness (QED) is 0.574. The van der Waals surface area contributed by atoms with Crippen LogP contribution in [0.4, 0.5) is 5.69 Å². The van der Waals surface area contributed by atoms with Gasteiger partial charge in [-0.15, -0.1) is 11.3 Å². The number of benzene rings is 2. The van der Waals surface area contributed by atoms with Crippen molar-refractivity contribution in [2.24, 2.45) is 5.92 Å². The van der Waals surface area contributed by atoms with Gasteiger partial charge in [0.15, 0.2) is 0 Å². The highest BCUT2D eigenvalue weighted by molar-refractivity contribution is 7.09. The smallest absolute Gasteiger partial charge is 0.251 e. The summed E-state index contributed by atoms with van der Waals surface area (Å²) in [4.78, 5) is 25.6. The molecule has 1 aromatic heterocycles. The van der Waals surface area contributed by atoms with E-state index in [2.05, 4.69) is 10.6 Å². The van der Waals surface area contributed by atoms with Crippen molar-refractivity contribution in [1.29, 1.82) is 0 Å². The summed E-state index contributed by atoms with van der Waals surface area (Å²) in [6, 6.07) is 18.7. The van der Waals surface area contributed by atoms with Crippen LogP contribution >= 0.6 is 11.3 Å². The van der Waals surface area contributed by atoms with Gasteiger partial charge in [-0.05, 0) is 60.2 Å². The van der Waals surface area contributed by atoms with Gasteiger partial charge in [0.2, 0.25) is 5.91 Å². The van der Waals surface area contributed by atoms with Crippen molar-refractivity contribution in [3.8, 4) is 5.75 Å². The predicted octanol–water partition coefficient (Wildman–Crippen LogP) is 4.61. The van der Waals surface area contributed by atoms with Crippen LogP contribution in [0.25, 0.3) is 0 Å².